The average molecular weight is 391 g/mol. The van der Waals surface area contributed by atoms with Gasteiger partial charge < -0.3 is 0 Å². The zero-order valence-electron chi connectivity index (χ0n) is 13.5. The maximum atomic E-state index is 13.0. The van der Waals surface area contributed by atoms with Crippen LogP contribution in [0.25, 0.3) is 10.9 Å². The SMILES string of the molecule is O=C([Se]c1ccccc1)c1[nH]c2ccccc2c1Cc1cccnc1. The number of pyridine rings is 1. The Hall–Kier alpha value is -2.68. The molecule has 2 aromatic carbocycles. The number of benzene rings is 2. The minimum atomic E-state index is -0.244. The molecule has 0 spiro atoms. The molecule has 0 atom stereocenters. The summed E-state index contributed by atoms with van der Waals surface area (Å²) in [7, 11) is 0. The van der Waals surface area contributed by atoms with Gasteiger partial charge in [-0.3, -0.25) is 0 Å². The minimum absolute atomic E-state index is 0.175. The van der Waals surface area contributed by atoms with E-state index in [2.05, 4.69) is 16.0 Å². The molecule has 122 valence electrons. The average Bonchev–Trinajstić information content (AvgIpc) is 3.02. The molecule has 25 heavy (non-hydrogen) atoms. The third-order valence-corrected chi connectivity index (χ3v) is 5.96. The van der Waals surface area contributed by atoms with E-state index in [-0.39, 0.29) is 19.6 Å². The van der Waals surface area contributed by atoms with Crippen LogP contribution in [0.1, 0.15) is 21.6 Å². The van der Waals surface area contributed by atoms with Gasteiger partial charge in [0, 0.05) is 0 Å². The van der Waals surface area contributed by atoms with Crippen LogP contribution in [0, 0.1) is 0 Å². The van der Waals surface area contributed by atoms with Crippen molar-refractivity contribution in [2.75, 3.05) is 0 Å². The predicted molar refractivity (Wildman–Crippen MR) is 102 cm³/mol. The maximum absolute atomic E-state index is 13.0. The number of nitrogens with zero attached hydrogens (tertiary/aromatic N) is 1. The number of hydrogen-bond donors (Lipinski definition) is 1. The van der Waals surface area contributed by atoms with Crippen LogP contribution >= 0.6 is 0 Å². The second-order valence-corrected chi connectivity index (χ2v) is 7.96. The molecule has 0 unspecified atom stereocenters. The first kappa shape index (κ1) is 15.8. The van der Waals surface area contributed by atoms with E-state index in [1.54, 1.807) is 6.20 Å². The molecular weight excluding hydrogens is 375 g/mol. The molecule has 0 saturated carbocycles. The molecule has 0 amide bonds. The van der Waals surface area contributed by atoms with Gasteiger partial charge in [-0.1, -0.05) is 0 Å². The summed E-state index contributed by atoms with van der Waals surface area (Å²) in [5, 5.41) is 1.11. The Labute approximate surface area is 152 Å². The van der Waals surface area contributed by atoms with Gasteiger partial charge in [-0.15, -0.1) is 0 Å². The van der Waals surface area contributed by atoms with Gasteiger partial charge in [-0.25, -0.2) is 0 Å². The molecule has 0 saturated heterocycles. The van der Waals surface area contributed by atoms with E-state index in [1.807, 2.05) is 66.9 Å². The Morgan fingerprint density at radius 1 is 0.960 bits per heavy atom. The Kier molecular flexibility index (Phi) is 4.47. The van der Waals surface area contributed by atoms with Crippen molar-refractivity contribution in [1.82, 2.24) is 9.97 Å². The molecule has 0 aliphatic heterocycles. The summed E-state index contributed by atoms with van der Waals surface area (Å²) < 4.78 is 1.26. The Bertz CT molecular complexity index is 1010. The van der Waals surface area contributed by atoms with Crippen LogP contribution in [-0.2, 0) is 6.42 Å². The second-order valence-electron chi connectivity index (χ2n) is 5.76. The summed E-state index contributed by atoms with van der Waals surface area (Å²) in [4.78, 5) is 20.5. The summed E-state index contributed by atoms with van der Waals surface area (Å²) in [6, 6.07) is 22.0. The molecule has 0 aliphatic carbocycles. The van der Waals surface area contributed by atoms with Crippen LogP contribution in [0.2, 0.25) is 0 Å². The standard InChI is InChI=1S/C21H16N2OSe/c24-21(25-16-8-2-1-3-9-16)20-18(13-15-7-6-12-22-14-15)17-10-4-5-11-19(17)23-20/h1-12,14,23H,13H2. The van der Waals surface area contributed by atoms with Crippen molar-refractivity contribution in [2.45, 2.75) is 6.42 Å². The van der Waals surface area contributed by atoms with Crippen LogP contribution < -0.4 is 4.46 Å². The van der Waals surface area contributed by atoms with E-state index >= 15 is 0 Å². The van der Waals surface area contributed by atoms with Crippen molar-refractivity contribution in [3.8, 4) is 0 Å². The van der Waals surface area contributed by atoms with Crippen LogP contribution in [0.3, 0.4) is 0 Å². The first-order chi connectivity index (χ1) is 12.3. The molecule has 4 rings (SSSR count). The molecule has 2 heterocycles. The van der Waals surface area contributed by atoms with E-state index in [9.17, 15) is 4.79 Å². The van der Waals surface area contributed by atoms with Crippen molar-refractivity contribution in [3.05, 3.63) is 95.9 Å². The Balaban J connectivity index is 1.74. The van der Waals surface area contributed by atoms with Crippen molar-refractivity contribution in [1.29, 1.82) is 0 Å². The first-order valence-corrected chi connectivity index (χ1v) is 9.78. The van der Waals surface area contributed by atoms with Crippen molar-refractivity contribution in [2.24, 2.45) is 0 Å². The van der Waals surface area contributed by atoms with Gasteiger partial charge in [0.1, 0.15) is 0 Å². The van der Waals surface area contributed by atoms with E-state index < -0.39 is 0 Å². The van der Waals surface area contributed by atoms with Gasteiger partial charge in [0.25, 0.3) is 0 Å². The predicted octanol–water partition coefficient (Wildman–Crippen LogP) is 3.32. The zero-order valence-corrected chi connectivity index (χ0v) is 15.2. The fourth-order valence-electron chi connectivity index (χ4n) is 2.91. The van der Waals surface area contributed by atoms with Crippen molar-refractivity contribution < 1.29 is 4.79 Å². The molecule has 0 radical (unpaired) electrons. The van der Waals surface area contributed by atoms with E-state index in [4.69, 9.17) is 0 Å². The van der Waals surface area contributed by atoms with Crippen LogP contribution in [0.15, 0.2) is 79.1 Å². The number of H-pyrrole nitrogens is 1. The molecule has 4 aromatic rings. The quantitative estimate of drug-likeness (QED) is 0.531. The molecule has 4 heteroatoms. The van der Waals surface area contributed by atoms with Crippen molar-refractivity contribution >= 4 is 35.0 Å². The number of aromatic nitrogens is 2. The number of carbonyl (C=O) groups is 1. The molecule has 0 aliphatic rings. The van der Waals surface area contributed by atoms with Crippen LogP contribution in [-0.4, -0.2) is 29.6 Å². The number of para-hydroxylation sites is 1. The van der Waals surface area contributed by atoms with Gasteiger partial charge in [-0.05, 0) is 0 Å². The van der Waals surface area contributed by atoms with E-state index in [0.29, 0.717) is 6.42 Å². The molecule has 0 fully saturated rings. The number of rotatable bonds is 5. The Morgan fingerprint density at radius 2 is 1.76 bits per heavy atom. The third-order valence-electron chi connectivity index (χ3n) is 4.08. The second kappa shape index (κ2) is 7.06. The molecule has 3 nitrogen and oxygen atoms in total. The van der Waals surface area contributed by atoms with Crippen LogP contribution in [0.4, 0.5) is 0 Å². The fourth-order valence-corrected chi connectivity index (χ4v) is 4.56. The fraction of sp³-hybridized carbons (Fsp3) is 0.0476. The number of hydrogen-bond acceptors (Lipinski definition) is 2. The molecular formula is C21H16N2OSe. The zero-order chi connectivity index (χ0) is 17.1. The normalized spacial score (nSPS) is 10.9. The molecule has 1 N–H and O–H groups in total. The van der Waals surface area contributed by atoms with Gasteiger partial charge in [0.05, 0.1) is 0 Å². The van der Waals surface area contributed by atoms with Gasteiger partial charge >= 0.3 is 152 Å². The number of nitrogens with one attached hydrogen (secondary N) is 1. The van der Waals surface area contributed by atoms with Gasteiger partial charge in [0.15, 0.2) is 0 Å². The van der Waals surface area contributed by atoms with Crippen molar-refractivity contribution in [3.63, 3.8) is 0 Å². The van der Waals surface area contributed by atoms with Gasteiger partial charge in [-0.2, -0.15) is 0 Å². The Morgan fingerprint density at radius 3 is 2.56 bits per heavy atom. The first-order valence-electron chi connectivity index (χ1n) is 8.07. The third kappa shape index (κ3) is 3.41. The van der Waals surface area contributed by atoms with Crippen LogP contribution in [0.5, 0.6) is 0 Å². The summed E-state index contributed by atoms with van der Waals surface area (Å²) >= 11 is -0.244. The summed E-state index contributed by atoms with van der Waals surface area (Å²) in [5.74, 6) is 0. The summed E-state index contributed by atoms with van der Waals surface area (Å²) in [5.41, 5.74) is 3.91. The monoisotopic (exact) mass is 392 g/mol. The number of fused-ring (bicyclic) bond motifs is 1. The summed E-state index contributed by atoms with van der Waals surface area (Å²) in [6.07, 6.45) is 4.32. The molecule has 2 aromatic heterocycles. The van der Waals surface area contributed by atoms with Gasteiger partial charge in [0.2, 0.25) is 0 Å². The van der Waals surface area contributed by atoms with E-state index in [1.165, 1.54) is 0 Å². The number of aromatic amines is 1. The number of carbonyl (C=O) groups excluding carboxylic acids is 1. The van der Waals surface area contributed by atoms with E-state index in [0.717, 1.165) is 32.2 Å². The topological polar surface area (TPSA) is 45.8 Å². The summed E-state index contributed by atoms with van der Waals surface area (Å²) in [6.45, 7) is 0. The molecule has 0 bridgehead atoms.